The fraction of sp³-hybridized carbons (Fsp3) is 0.692. The minimum Gasteiger partial charge on any atom is -0.453 e. The Morgan fingerprint density at radius 2 is 1.07 bits per heavy atom. The van der Waals surface area contributed by atoms with Crippen LogP contribution in [0.1, 0.15) is 20.8 Å². The van der Waals surface area contributed by atoms with Crippen molar-refractivity contribution in [3.8, 4) is 0 Å². The predicted octanol–water partition coefficient (Wildman–Crippen LogP) is 4.19. The van der Waals surface area contributed by atoms with E-state index in [0.29, 0.717) is 6.92 Å². The molecule has 158 valence electrons. The average Bonchev–Trinajstić information content (AvgIpc) is 2.43. The second kappa shape index (κ2) is 7.92. The van der Waals surface area contributed by atoms with Gasteiger partial charge in [-0.15, -0.1) is 0 Å². The number of ether oxygens (including phenoxy) is 2. The summed E-state index contributed by atoms with van der Waals surface area (Å²) < 4.78 is 132. The van der Waals surface area contributed by atoms with Gasteiger partial charge < -0.3 is 9.47 Å². The summed E-state index contributed by atoms with van der Waals surface area (Å²) >= 11 is 0. The number of halogens is 10. The van der Waals surface area contributed by atoms with Gasteiger partial charge in [0.2, 0.25) is 0 Å². The van der Waals surface area contributed by atoms with Crippen molar-refractivity contribution in [1.82, 2.24) is 0 Å². The highest BCUT2D eigenvalue weighted by Crippen LogP contribution is 2.40. The summed E-state index contributed by atoms with van der Waals surface area (Å²) in [6, 6.07) is 0. The van der Waals surface area contributed by atoms with Crippen molar-refractivity contribution in [3.05, 3.63) is 11.6 Å². The summed E-state index contributed by atoms with van der Waals surface area (Å²) in [4.78, 5) is 22.6. The first kappa shape index (κ1) is 25.0. The maximum Gasteiger partial charge on any atom is 0.457 e. The minimum atomic E-state index is -6.05. The van der Waals surface area contributed by atoms with Crippen LogP contribution in [0.2, 0.25) is 0 Å². The largest absolute Gasteiger partial charge is 0.457 e. The summed E-state index contributed by atoms with van der Waals surface area (Å²) in [5.41, 5.74) is -0.979. The summed E-state index contributed by atoms with van der Waals surface area (Å²) in [6.45, 7) is 1.04. The normalized spacial score (nSPS) is 16.6. The maximum atomic E-state index is 12.9. The van der Waals surface area contributed by atoms with E-state index in [2.05, 4.69) is 9.47 Å². The SMILES string of the molecule is C/C(=C/C(=O)OC(C)C(F)(F)C(F)(F)F)C(=O)OC(C)C(F)(F)C(F)(F)F. The second-order valence-corrected chi connectivity index (χ2v) is 5.20. The zero-order chi connectivity index (χ0) is 22.0. The van der Waals surface area contributed by atoms with Crippen LogP contribution < -0.4 is 0 Å². The van der Waals surface area contributed by atoms with Crippen molar-refractivity contribution >= 4 is 11.9 Å². The molecule has 0 N–H and O–H groups in total. The molecule has 0 radical (unpaired) electrons. The zero-order valence-corrected chi connectivity index (χ0v) is 13.6. The van der Waals surface area contributed by atoms with Gasteiger partial charge in [0.25, 0.3) is 0 Å². The topological polar surface area (TPSA) is 52.6 Å². The number of esters is 2. The Labute approximate surface area is 145 Å². The molecule has 14 heteroatoms. The highest BCUT2D eigenvalue weighted by molar-refractivity contribution is 5.96. The third kappa shape index (κ3) is 5.99. The molecule has 0 aromatic rings. The fourth-order valence-corrected chi connectivity index (χ4v) is 1.31. The summed E-state index contributed by atoms with van der Waals surface area (Å²) in [7, 11) is 0. The number of rotatable bonds is 6. The van der Waals surface area contributed by atoms with Gasteiger partial charge in [0.05, 0.1) is 0 Å². The summed E-state index contributed by atoms with van der Waals surface area (Å²) in [5.74, 6) is -14.7. The van der Waals surface area contributed by atoms with Crippen LogP contribution >= 0.6 is 0 Å². The Morgan fingerprint density at radius 3 is 1.41 bits per heavy atom. The van der Waals surface area contributed by atoms with Crippen molar-refractivity contribution in [2.24, 2.45) is 0 Å². The molecular formula is C13H12F10O4. The van der Waals surface area contributed by atoms with Crippen LogP contribution in [0, 0.1) is 0 Å². The van der Waals surface area contributed by atoms with Gasteiger partial charge in [0, 0.05) is 11.6 Å². The van der Waals surface area contributed by atoms with E-state index in [-0.39, 0.29) is 19.9 Å². The molecule has 0 aliphatic rings. The monoisotopic (exact) mass is 422 g/mol. The molecule has 0 amide bonds. The van der Waals surface area contributed by atoms with Gasteiger partial charge in [0.1, 0.15) is 0 Å². The van der Waals surface area contributed by atoms with Gasteiger partial charge in [-0.3, -0.25) is 0 Å². The van der Waals surface area contributed by atoms with E-state index >= 15 is 0 Å². The van der Waals surface area contributed by atoms with Crippen molar-refractivity contribution in [2.45, 2.75) is 57.2 Å². The molecule has 0 aromatic carbocycles. The first-order valence-electron chi connectivity index (χ1n) is 6.74. The molecular weight excluding hydrogens is 410 g/mol. The summed E-state index contributed by atoms with van der Waals surface area (Å²) in [6.07, 6.45) is -18.1. The minimum absolute atomic E-state index is 0.00371. The number of hydrogen-bond acceptors (Lipinski definition) is 4. The predicted molar refractivity (Wildman–Crippen MR) is 66.9 cm³/mol. The fourth-order valence-electron chi connectivity index (χ4n) is 1.31. The van der Waals surface area contributed by atoms with Crippen LogP contribution in [0.5, 0.6) is 0 Å². The highest BCUT2D eigenvalue weighted by atomic mass is 19.4. The molecule has 2 atom stereocenters. The Morgan fingerprint density at radius 1 is 0.741 bits per heavy atom. The Hall–Kier alpha value is -2.02. The zero-order valence-electron chi connectivity index (χ0n) is 13.6. The van der Waals surface area contributed by atoms with Crippen LogP contribution in [0.25, 0.3) is 0 Å². The molecule has 0 spiro atoms. The number of alkyl halides is 10. The molecule has 27 heavy (non-hydrogen) atoms. The third-order valence-corrected chi connectivity index (χ3v) is 3.01. The van der Waals surface area contributed by atoms with Crippen molar-refractivity contribution < 1.29 is 63.0 Å². The quantitative estimate of drug-likeness (QED) is 0.366. The Balaban J connectivity index is 5.09. The standard InChI is InChI=1S/C13H12F10O4/c1-5(9(25)27-7(3)11(16,17)13(21,22)23)4-8(24)26-6(2)10(14,15)12(18,19)20/h4,6-7H,1-3H3/b5-4-. The van der Waals surface area contributed by atoms with Crippen LogP contribution in [0.3, 0.4) is 0 Å². The van der Waals surface area contributed by atoms with E-state index in [1.54, 1.807) is 0 Å². The first-order chi connectivity index (χ1) is 11.7. The number of carbonyl (C=O) groups is 2. The van der Waals surface area contributed by atoms with Gasteiger partial charge in [-0.1, -0.05) is 0 Å². The van der Waals surface area contributed by atoms with E-state index in [1.165, 1.54) is 0 Å². The lowest BCUT2D eigenvalue weighted by molar-refractivity contribution is -0.311. The smallest absolute Gasteiger partial charge is 0.453 e. The van der Waals surface area contributed by atoms with Gasteiger partial charge in [-0.05, 0) is 20.8 Å². The van der Waals surface area contributed by atoms with Crippen molar-refractivity contribution in [2.75, 3.05) is 0 Å². The number of carbonyl (C=O) groups excluding carboxylic acids is 2. The van der Waals surface area contributed by atoms with Gasteiger partial charge in [-0.2, -0.15) is 43.9 Å². The third-order valence-electron chi connectivity index (χ3n) is 3.01. The van der Waals surface area contributed by atoms with Crippen LogP contribution in [-0.4, -0.2) is 48.3 Å². The first-order valence-corrected chi connectivity index (χ1v) is 6.74. The maximum absolute atomic E-state index is 12.9. The molecule has 2 unspecified atom stereocenters. The second-order valence-electron chi connectivity index (χ2n) is 5.20. The molecule has 4 nitrogen and oxygen atoms in total. The highest BCUT2D eigenvalue weighted by Gasteiger charge is 2.63. The van der Waals surface area contributed by atoms with E-state index in [4.69, 9.17) is 0 Å². The van der Waals surface area contributed by atoms with Crippen LogP contribution in [0.15, 0.2) is 11.6 Å². The van der Waals surface area contributed by atoms with Gasteiger partial charge in [-0.25, -0.2) is 9.59 Å². The molecule has 0 saturated carbocycles. The van der Waals surface area contributed by atoms with E-state index < -0.39 is 53.9 Å². The molecule has 0 bridgehead atoms. The molecule has 0 heterocycles. The molecule has 0 saturated heterocycles. The van der Waals surface area contributed by atoms with E-state index in [1.807, 2.05) is 0 Å². The van der Waals surface area contributed by atoms with Gasteiger partial charge >= 0.3 is 36.1 Å². The average molecular weight is 422 g/mol. The lowest BCUT2D eigenvalue weighted by Crippen LogP contribution is -2.47. The molecule has 0 aromatic heterocycles. The molecule has 0 rings (SSSR count). The lowest BCUT2D eigenvalue weighted by atomic mass is 10.2. The van der Waals surface area contributed by atoms with E-state index in [0.717, 1.165) is 0 Å². The van der Waals surface area contributed by atoms with Crippen molar-refractivity contribution in [1.29, 1.82) is 0 Å². The van der Waals surface area contributed by atoms with E-state index in [9.17, 15) is 53.5 Å². The Kier molecular flexibility index (Phi) is 7.33. The van der Waals surface area contributed by atoms with Crippen LogP contribution in [-0.2, 0) is 19.1 Å². The summed E-state index contributed by atoms with van der Waals surface area (Å²) in [5, 5.41) is 0. The lowest BCUT2D eigenvalue weighted by Gasteiger charge is -2.26. The molecule has 0 fully saturated rings. The van der Waals surface area contributed by atoms with Crippen molar-refractivity contribution in [3.63, 3.8) is 0 Å². The number of hydrogen-bond donors (Lipinski definition) is 0. The molecule has 0 aliphatic heterocycles. The molecule has 0 aliphatic carbocycles. The van der Waals surface area contributed by atoms with Gasteiger partial charge in [0.15, 0.2) is 12.2 Å². The van der Waals surface area contributed by atoms with Crippen LogP contribution in [0.4, 0.5) is 43.9 Å². The Bertz CT molecular complexity index is 591.